The van der Waals surface area contributed by atoms with Crippen LogP contribution in [-0.4, -0.2) is 54.3 Å². The Labute approximate surface area is 197 Å². The van der Waals surface area contributed by atoms with Gasteiger partial charge in [-0.1, -0.05) is 36.0 Å². The number of thioether (sulfide) groups is 1. The molecule has 0 unspecified atom stereocenters. The first kappa shape index (κ1) is 24.2. The van der Waals surface area contributed by atoms with E-state index in [2.05, 4.69) is 16.4 Å². The zero-order chi connectivity index (χ0) is 22.9. The summed E-state index contributed by atoms with van der Waals surface area (Å²) in [6, 6.07) is 13.9. The molecule has 32 heavy (non-hydrogen) atoms. The predicted molar refractivity (Wildman–Crippen MR) is 133 cm³/mol. The molecule has 2 amide bonds. The summed E-state index contributed by atoms with van der Waals surface area (Å²) < 4.78 is 7.32. The second-order valence-electron chi connectivity index (χ2n) is 7.50. The number of nitrogens with one attached hydrogen (secondary N) is 1. The van der Waals surface area contributed by atoms with Gasteiger partial charge in [0.2, 0.25) is 11.8 Å². The molecule has 1 N–H and O–H groups in total. The molecule has 0 saturated heterocycles. The van der Waals surface area contributed by atoms with Crippen molar-refractivity contribution in [3.05, 3.63) is 53.6 Å². The minimum Gasteiger partial charge on any atom is -0.383 e. The molecule has 0 aliphatic heterocycles. The highest BCUT2D eigenvalue weighted by molar-refractivity contribution is 8.01. The van der Waals surface area contributed by atoms with Gasteiger partial charge in [0, 0.05) is 31.5 Å². The van der Waals surface area contributed by atoms with Crippen molar-refractivity contribution in [2.45, 2.75) is 31.0 Å². The number of para-hydroxylation sites is 1. The molecule has 0 bridgehead atoms. The van der Waals surface area contributed by atoms with Crippen molar-refractivity contribution < 1.29 is 14.3 Å². The molecule has 3 rings (SSSR count). The van der Waals surface area contributed by atoms with Gasteiger partial charge in [0.15, 0.2) is 4.34 Å². The first-order chi connectivity index (χ1) is 15.5. The molecule has 0 fully saturated rings. The Morgan fingerprint density at radius 2 is 1.97 bits per heavy atom. The Morgan fingerprint density at radius 3 is 2.75 bits per heavy atom. The highest BCUT2D eigenvalue weighted by Gasteiger charge is 2.17. The molecular weight excluding hydrogens is 442 g/mol. The number of hydrogen-bond acceptors (Lipinski definition) is 6. The SMILES string of the molecule is COCCN(CC(=O)Nc1cccc(C)c1C)C(=O)CCCSc1nc2ccccc2s1. The number of anilines is 1. The van der Waals surface area contributed by atoms with E-state index in [-0.39, 0.29) is 18.4 Å². The van der Waals surface area contributed by atoms with Gasteiger partial charge in [-0.25, -0.2) is 4.98 Å². The maximum atomic E-state index is 12.8. The van der Waals surface area contributed by atoms with E-state index >= 15 is 0 Å². The van der Waals surface area contributed by atoms with Crippen molar-refractivity contribution in [1.29, 1.82) is 0 Å². The number of aryl methyl sites for hydroxylation is 1. The van der Waals surface area contributed by atoms with E-state index in [0.717, 1.165) is 38.8 Å². The Kier molecular flexibility index (Phi) is 9.08. The minimum absolute atomic E-state index is 0.0145. The Hall–Kier alpha value is -2.42. The average Bonchev–Trinajstić information content (AvgIpc) is 3.20. The number of methoxy groups -OCH3 is 1. The Balaban J connectivity index is 1.49. The van der Waals surface area contributed by atoms with Crippen LogP contribution >= 0.6 is 23.1 Å². The maximum absolute atomic E-state index is 12.8. The van der Waals surface area contributed by atoms with Gasteiger partial charge in [0.25, 0.3) is 0 Å². The van der Waals surface area contributed by atoms with Gasteiger partial charge in [0.05, 0.1) is 23.4 Å². The number of aromatic nitrogens is 1. The molecule has 170 valence electrons. The minimum atomic E-state index is -0.202. The van der Waals surface area contributed by atoms with Crippen molar-refractivity contribution in [2.75, 3.05) is 37.9 Å². The molecule has 0 saturated carbocycles. The Morgan fingerprint density at radius 1 is 1.16 bits per heavy atom. The fraction of sp³-hybridized carbons (Fsp3) is 0.375. The molecule has 0 atom stereocenters. The van der Waals surface area contributed by atoms with Gasteiger partial charge >= 0.3 is 0 Å². The third kappa shape index (κ3) is 6.79. The fourth-order valence-electron chi connectivity index (χ4n) is 3.20. The van der Waals surface area contributed by atoms with Crippen LogP contribution in [0.25, 0.3) is 10.2 Å². The number of carbonyl (C=O) groups is 2. The normalized spacial score (nSPS) is 11.0. The number of nitrogens with zero attached hydrogens (tertiary/aromatic N) is 2. The average molecular weight is 472 g/mol. The van der Waals surface area contributed by atoms with E-state index in [1.54, 1.807) is 35.1 Å². The smallest absolute Gasteiger partial charge is 0.244 e. The van der Waals surface area contributed by atoms with Crippen molar-refractivity contribution in [3.8, 4) is 0 Å². The van der Waals surface area contributed by atoms with Crippen molar-refractivity contribution in [2.24, 2.45) is 0 Å². The van der Waals surface area contributed by atoms with Gasteiger partial charge < -0.3 is 15.0 Å². The van der Waals surface area contributed by atoms with Crippen LogP contribution in [0.2, 0.25) is 0 Å². The number of benzene rings is 2. The summed E-state index contributed by atoms with van der Waals surface area (Å²) in [7, 11) is 1.59. The summed E-state index contributed by atoms with van der Waals surface area (Å²) >= 11 is 3.34. The lowest BCUT2D eigenvalue weighted by atomic mass is 10.1. The zero-order valence-electron chi connectivity index (χ0n) is 18.7. The molecule has 0 radical (unpaired) electrons. The molecular formula is C24H29N3O3S2. The molecule has 1 heterocycles. The third-order valence-corrected chi connectivity index (χ3v) is 7.43. The highest BCUT2D eigenvalue weighted by atomic mass is 32.2. The van der Waals surface area contributed by atoms with Gasteiger partial charge in [-0.3, -0.25) is 9.59 Å². The molecule has 0 spiro atoms. The number of thiazole rings is 1. The van der Waals surface area contributed by atoms with Crippen LogP contribution in [0.1, 0.15) is 24.0 Å². The van der Waals surface area contributed by atoms with Crippen LogP contribution in [0, 0.1) is 13.8 Å². The largest absolute Gasteiger partial charge is 0.383 e. The summed E-state index contributed by atoms with van der Waals surface area (Å²) in [6.45, 7) is 4.78. The predicted octanol–water partition coefficient (Wildman–Crippen LogP) is 4.90. The van der Waals surface area contributed by atoms with Crippen LogP contribution < -0.4 is 5.32 Å². The fourth-order valence-corrected chi connectivity index (χ4v) is 5.28. The second kappa shape index (κ2) is 12.0. The number of hydrogen-bond donors (Lipinski definition) is 1. The quantitative estimate of drug-likeness (QED) is 0.318. The van der Waals surface area contributed by atoms with E-state index in [1.807, 2.05) is 50.2 Å². The standard InChI is InChI=1S/C24H29N3O3S2/c1-17-8-6-10-19(18(17)2)25-22(28)16-27(13-14-30-3)23(29)12-7-15-31-24-26-20-9-4-5-11-21(20)32-24/h4-6,8-11H,7,12-16H2,1-3H3,(H,25,28). The molecule has 1 aromatic heterocycles. The molecule has 0 aliphatic rings. The lowest BCUT2D eigenvalue weighted by Crippen LogP contribution is -2.40. The van der Waals surface area contributed by atoms with Crippen LogP contribution in [-0.2, 0) is 14.3 Å². The zero-order valence-corrected chi connectivity index (χ0v) is 20.4. The van der Waals surface area contributed by atoms with E-state index < -0.39 is 0 Å². The molecule has 0 aliphatic carbocycles. The Bertz CT molecular complexity index is 1030. The van der Waals surface area contributed by atoms with E-state index in [0.29, 0.717) is 19.6 Å². The first-order valence-electron chi connectivity index (χ1n) is 10.6. The summed E-state index contributed by atoms with van der Waals surface area (Å²) in [6.07, 6.45) is 1.11. The lowest BCUT2D eigenvalue weighted by Gasteiger charge is -2.22. The summed E-state index contributed by atoms with van der Waals surface area (Å²) in [5.74, 6) is 0.563. The maximum Gasteiger partial charge on any atom is 0.244 e. The lowest BCUT2D eigenvalue weighted by molar-refractivity contribution is -0.135. The van der Waals surface area contributed by atoms with E-state index in [9.17, 15) is 9.59 Å². The number of amides is 2. The molecule has 8 heteroatoms. The number of ether oxygens (including phenoxy) is 1. The van der Waals surface area contributed by atoms with Crippen LogP contribution in [0.4, 0.5) is 5.69 Å². The van der Waals surface area contributed by atoms with Gasteiger partial charge in [0.1, 0.15) is 0 Å². The molecule has 6 nitrogen and oxygen atoms in total. The number of fused-ring (bicyclic) bond motifs is 1. The van der Waals surface area contributed by atoms with Crippen LogP contribution in [0.15, 0.2) is 46.8 Å². The van der Waals surface area contributed by atoms with E-state index in [4.69, 9.17) is 4.74 Å². The summed E-state index contributed by atoms with van der Waals surface area (Å²) in [4.78, 5) is 31.6. The van der Waals surface area contributed by atoms with Crippen LogP contribution in [0.5, 0.6) is 0 Å². The topological polar surface area (TPSA) is 71.5 Å². The molecule has 3 aromatic rings. The van der Waals surface area contributed by atoms with Crippen molar-refractivity contribution >= 4 is 50.8 Å². The van der Waals surface area contributed by atoms with E-state index in [1.165, 1.54) is 4.70 Å². The van der Waals surface area contributed by atoms with Crippen LogP contribution in [0.3, 0.4) is 0 Å². The third-order valence-electron chi connectivity index (χ3n) is 5.17. The number of carbonyl (C=O) groups excluding carboxylic acids is 2. The van der Waals surface area contributed by atoms with Gasteiger partial charge in [-0.05, 0) is 49.6 Å². The van der Waals surface area contributed by atoms with Crippen molar-refractivity contribution in [1.82, 2.24) is 9.88 Å². The number of rotatable bonds is 11. The van der Waals surface area contributed by atoms with Crippen molar-refractivity contribution in [3.63, 3.8) is 0 Å². The molecule has 2 aromatic carbocycles. The second-order valence-corrected chi connectivity index (χ2v) is 9.88. The highest BCUT2D eigenvalue weighted by Crippen LogP contribution is 2.29. The summed E-state index contributed by atoms with van der Waals surface area (Å²) in [5.41, 5.74) is 3.93. The van der Waals surface area contributed by atoms with Gasteiger partial charge in [-0.15, -0.1) is 11.3 Å². The monoisotopic (exact) mass is 471 g/mol. The summed E-state index contributed by atoms with van der Waals surface area (Å²) in [5, 5.41) is 2.93. The van der Waals surface area contributed by atoms with Gasteiger partial charge in [-0.2, -0.15) is 0 Å². The first-order valence-corrected chi connectivity index (χ1v) is 12.4.